The van der Waals surface area contributed by atoms with Gasteiger partial charge in [-0.2, -0.15) is 0 Å². The van der Waals surface area contributed by atoms with Crippen LogP contribution in [0, 0.1) is 15.9 Å². The maximum absolute atomic E-state index is 12.8. The van der Waals surface area contributed by atoms with Crippen molar-refractivity contribution in [3.05, 3.63) is 69.5 Å². The first-order valence-electron chi connectivity index (χ1n) is 7.00. The van der Waals surface area contributed by atoms with Gasteiger partial charge in [0.2, 0.25) is 0 Å². The van der Waals surface area contributed by atoms with E-state index in [1.165, 1.54) is 36.0 Å². The van der Waals surface area contributed by atoms with E-state index in [-0.39, 0.29) is 29.2 Å². The number of hydrogen-bond acceptors (Lipinski definition) is 5. The summed E-state index contributed by atoms with van der Waals surface area (Å²) in [7, 11) is 0. The van der Waals surface area contributed by atoms with Crippen molar-refractivity contribution in [1.82, 2.24) is 4.90 Å². The third kappa shape index (κ3) is 3.00. The fourth-order valence-corrected chi connectivity index (χ4v) is 3.22. The van der Waals surface area contributed by atoms with Crippen molar-refractivity contribution >= 4 is 29.3 Å². The first kappa shape index (κ1) is 16.1. The molecular weight excluding hydrogens is 335 g/mol. The Balaban J connectivity index is 1.69. The van der Waals surface area contributed by atoms with E-state index in [2.05, 4.69) is 0 Å². The summed E-state index contributed by atoms with van der Waals surface area (Å²) in [4.78, 5) is 36.6. The number of nitro benzene ring substituents is 1. The molecule has 24 heavy (non-hydrogen) atoms. The standard InChI is InChI=1S/C16H11FN2O4S/c17-10-1-4-12(5-2-10)24-8-7-18-15(20)13-6-3-11(19(22)23)9-14(13)16(18)21/h1-6,9H,7-8H2. The Bertz CT molecular complexity index is 838. The molecule has 0 radical (unpaired) electrons. The summed E-state index contributed by atoms with van der Waals surface area (Å²) < 4.78 is 12.8. The van der Waals surface area contributed by atoms with Gasteiger partial charge in [-0.25, -0.2) is 4.39 Å². The minimum absolute atomic E-state index is 0.0565. The van der Waals surface area contributed by atoms with Crippen molar-refractivity contribution in [1.29, 1.82) is 0 Å². The number of nitrogens with zero attached hydrogens (tertiary/aromatic N) is 2. The second-order valence-electron chi connectivity index (χ2n) is 5.05. The zero-order valence-electron chi connectivity index (χ0n) is 12.3. The van der Waals surface area contributed by atoms with Crippen molar-refractivity contribution in [2.45, 2.75) is 4.90 Å². The number of carbonyl (C=O) groups excluding carboxylic acids is 2. The number of amides is 2. The van der Waals surface area contributed by atoms with E-state index in [1.807, 2.05) is 0 Å². The molecule has 8 heteroatoms. The molecule has 122 valence electrons. The Kier molecular flexibility index (Phi) is 4.30. The molecule has 1 heterocycles. The zero-order valence-corrected chi connectivity index (χ0v) is 13.1. The molecule has 3 rings (SSSR count). The Labute approximate surface area is 140 Å². The Morgan fingerprint density at radius 3 is 2.38 bits per heavy atom. The largest absolute Gasteiger partial charge is 0.273 e. The highest BCUT2D eigenvalue weighted by Crippen LogP contribution is 2.27. The molecule has 1 aliphatic rings. The zero-order chi connectivity index (χ0) is 17.3. The third-order valence-corrected chi connectivity index (χ3v) is 4.55. The SMILES string of the molecule is O=C1c2ccc([N+](=O)[O-])cc2C(=O)N1CCSc1ccc(F)cc1. The Hall–Kier alpha value is -2.74. The monoisotopic (exact) mass is 346 g/mol. The van der Waals surface area contributed by atoms with Crippen LogP contribution in [0.15, 0.2) is 47.4 Å². The summed E-state index contributed by atoms with van der Waals surface area (Å²) in [5.41, 5.74) is 0.0100. The molecule has 2 aromatic rings. The number of halogens is 1. The number of fused-ring (bicyclic) bond motifs is 1. The van der Waals surface area contributed by atoms with Crippen molar-refractivity contribution in [3.8, 4) is 0 Å². The molecule has 0 spiro atoms. The van der Waals surface area contributed by atoms with Gasteiger partial charge in [0, 0.05) is 29.3 Å². The van der Waals surface area contributed by atoms with Gasteiger partial charge in [0.15, 0.2) is 0 Å². The van der Waals surface area contributed by atoms with Crippen LogP contribution in [-0.2, 0) is 0 Å². The summed E-state index contributed by atoms with van der Waals surface area (Å²) in [5.74, 6) is -0.872. The van der Waals surface area contributed by atoms with Crippen LogP contribution >= 0.6 is 11.8 Å². The average Bonchev–Trinajstić information content (AvgIpc) is 2.81. The maximum Gasteiger partial charge on any atom is 0.270 e. The van der Waals surface area contributed by atoms with Gasteiger partial charge in [-0.15, -0.1) is 11.8 Å². The molecule has 0 aromatic heterocycles. The van der Waals surface area contributed by atoms with E-state index in [0.29, 0.717) is 5.75 Å². The molecular formula is C16H11FN2O4S. The van der Waals surface area contributed by atoms with E-state index in [0.717, 1.165) is 15.9 Å². The predicted octanol–water partition coefficient (Wildman–Crippen LogP) is 3.12. The van der Waals surface area contributed by atoms with Crippen LogP contribution < -0.4 is 0 Å². The summed E-state index contributed by atoms with van der Waals surface area (Å²) in [6.07, 6.45) is 0. The van der Waals surface area contributed by atoms with Gasteiger partial charge in [0.25, 0.3) is 17.5 Å². The smallest absolute Gasteiger partial charge is 0.270 e. The summed E-state index contributed by atoms with van der Waals surface area (Å²) in [6.45, 7) is 0.169. The quantitative estimate of drug-likeness (QED) is 0.360. The third-order valence-electron chi connectivity index (χ3n) is 3.56. The number of carbonyl (C=O) groups is 2. The van der Waals surface area contributed by atoms with Gasteiger partial charge in [0.05, 0.1) is 16.1 Å². The van der Waals surface area contributed by atoms with Crippen LogP contribution in [0.5, 0.6) is 0 Å². The molecule has 2 aromatic carbocycles. The van der Waals surface area contributed by atoms with E-state index in [9.17, 15) is 24.1 Å². The number of nitro groups is 1. The number of rotatable bonds is 5. The number of imide groups is 1. The van der Waals surface area contributed by atoms with Crippen LogP contribution in [0.2, 0.25) is 0 Å². The highest BCUT2D eigenvalue weighted by molar-refractivity contribution is 7.99. The highest BCUT2D eigenvalue weighted by Gasteiger charge is 2.36. The lowest BCUT2D eigenvalue weighted by atomic mass is 10.1. The summed E-state index contributed by atoms with van der Waals surface area (Å²) >= 11 is 1.39. The fourth-order valence-electron chi connectivity index (χ4n) is 2.38. The van der Waals surface area contributed by atoms with E-state index in [1.54, 1.807) is 12.1 Å². The van der Waals surface area contributed by atoms with Crippen LogP contribution in [0.3, 0.4) is 0 Å². The van der Waals surface area contributed by atoms with E-state index >= 15 is 0 Å². The molecule has 0 fully saturated rings. The summed E-state index contributed by atoms with van der Waals surface area (Å²) in [5, 5.41) is 10.8. The molecule has 0 saturated heterocycles. The van der Waals surface area contributed by atoms with Gasteiger partial charge in [-0.3, -0.25) is 24.6 Å². The topological polar surface area (TPSA) is 80.5 Å². The van der Waals surface area contributed by atoms with Gasteiger partial charge in [-0.1, -0.05) is 0 Å². The lowest BCUT2D eigenvalue weighted by molar-refractivity contribution is -0.384. The Morgan fingerprint density at radius 2 is 1.71 bits per heavy atom. The van der Waals surface area contributed by atoms with Gasteiger partial charge in [0.1, 0.15) is 5.82 Å². The van der Waals surface area contributed by atoms with Crippen molar-refractivity contribution in [2.24, 2.45) is 0 Å². The molecule has 0 atom stereocenters. The van der Waals surface area contributed by atoms with E-state index < -0.39 is 16.7 Å². The van der Waals surface area contributed by atoms with Gasteiger partial charge < -0.3 is 0 Å². The van der Waals surface area contributed by atoms with Crippen LogP contribution in [0.4, 0.5) is 10.1 Å². The normalized spacial score (nSPS) is 13.3. The molecule has 0 aliphatic carbocycles. The highest BCUT2D eigenvalue weighted by atomic mass is 32.2. The van der Waals surface area contributed by atoms with Crippen LogP contribution in [0.25, 0.3) is 0 Å². The molecule has 0 bridgehead atoms. The minimum atomic E-state index is -0.606. The van der Waals surface area contributed by atoms with Crippen molar-refractivity contribution in [2.75, 3.05) is 12.3 Å². The molecule has 0 saturated carbocycles. The fraction of sp³-hybridized carbons (Fsp3) is 0.125. The average molecular weight is 346 g/mol. The first-order chi connectivity index (χ1) is 11.5. The number of non-ortho nitro benzene ring substituents is 1. The number of hydrogen-bond donors (Lipinski definition) is 0. The van der Waals surface area contributed by atoms with Crippen molar-refractivity contribution in [3.63, 3.8) is 0 Å². The van der Waals surface area contributed by atoms with Crippen LogP contribution in [-0.4, -0.2) is 33.9 Å². The molecule has 2 amide bonds. The number of thioether (sulfide) groups is 1. The molecule has 0 unspecified atom stereocenters. The minimum Gasteiger partial charge on any atom is -0.273 e. The van der Waals surface area contributed by atoms with E-state index in [4.69, 9.17) is 0 Å². The molecule has 6 nitrogen and oxygen atoms in total. The lowest BCUT2D eigenvalue weighted by Crippen LogP contribution is -2.31. The Morgan fingerprint density at radius 1 is 1.04 bits per heavy atom. The number of benzene rings is 2. The van der Waals surface area contributed by atoms with Crippen LogP contribution in [0.1, 0.15) is 20.7 Å². The van der Waals surface area contributed by atoms with Gasteiger partial charge in [-0.05, 0) is 30.3 Å². The maximum atomic E-state index is 12.8. The second kappa shape index (κ2) is 6.40. The predicted molar refractivity (Wildman–Crippen MR) is 85.6 cm³/mol. The lowest BCUT2D eigenvalue weighted by Gasteiger charge is -2.13. The second-order valence-corrected chi connectivity index (χ2v) is 6.22. The van der Waals surface area contributed by atoms with Gasteiger partial charge >= 0.3 is 0 Å². The molecule has 0 N–H and O–H groups in total. The molecule has 1 aliphatic heterocycles. The summed E-state index contributed by atoms with van der Waals surface area (Å²) in [6, 6.07) is 9.55. The first-order valence-corrected chi connectivity index (χ1v) is 7.99. The van der Waals surface area contributed by atoms with Crippen molar-refractivity contribution < 1.29 is 18.9 Å².